The van der Waals surface area contributed by atoms with Crippen LogP contribution in [0.1, 0.15) is 5.56 Å². The lowest BCUT2D eigenvalue weighted by molar-refractivity contribution is -0.138. The molecule has 21 heavy (non-hydrogen) atoms. The molecule has 0 spiro atoms. The van der Waals surface area contributed by atoms with E-state index in [1.165, 1.54) is 24.3 Å². The van der Waals surface area contributed by atoms with Crippen molar-refractivity contribution < 1.29 is 17.9 Å². The minimum atomic E-state index is -4.57. The van der Waals surface area contributed by atoms with Crippen LogP contribution in [0.4, 0.5) is 13.2 Å². The molecule has 1 aromatic heterocycles. The molecule has 0 saturated carbocycles. The fourth-order valence-corrected chi connectivity index (χ4v) is 1.71. The average molecular weight is 299 g/mol. The smallest absolute Gasteiger partial charge is 0.419 e. The zero-order valence-corrected chi connectivity index (χ0v) is 10.8. The Bertz CT molecular complexity index is 663. The molecule has 0 amide bonds. The highest BCUT2D eigenvalue weighted by molar-refractivity contribution is 5.62. The summed E-state index contributed by atoms with van der Waals surface area (Å²) in [5, 5.41) is 5.87. The van der Waals surface area contributed by atoms with Crippen molar-refractivity contribution in [3.63, 3.8) is 0 Å². The van der Waals surface area contributed by atoms with Gasteiger partial charge in [0.1, 0.15) is 12.4 Å². The molecule has 0 bridgehead atoms. The van der Waals surface area contributed by atoms with E-state index < -0.39 is 17.3 Å². The summed E-state index contributed by atoms with van der Waals surface area (Å²) in [6.07, 6.45) is -4.57. The number of hydrogen-bond donors (Lipinski definition) is 2. The van der Waals surface area contributed by atoms with Gasteiger partial charge in [-0.15, -0.1) is 0 Å². The first kappa shape index (κ1) is 15.0. The standard InChI is InChI=1S/C13H12F3N3O2/c14-13(15,16)9-7-8(1-3-11(9)21-6-5-17)10-2-4-12(20)19-18-10/h1-4,7H,5-6,17H2,(H,19,20). The summed E-state index contributed by atoms with van der Waals surface area (Å²) < 4.78 is 44.1. The molecule has 5 nitrogen and oxygen atoms in total. The average Bonchev–Trinajstić information content (AvgIpc) is 2.45. The molecule has 0 radical (unpaired) electrons. The van der Waals surface area contributed by atoms with Gasteiger partial charge >= 0.3 is 6.18 Å². The fraction of sp³-hybridized carbons (Fsp3) is 0.231. The number of ether oxygens (including phenoxy) is 1. The van der Waals surface area contributed by atoms with E-state index in [2.05, 4.69) is 10.2 Å². The Kier molecular flexibility index (Phi) is 4.27. The predicted molar refractivity (Wildman–Crippen MR) is 69.8 cm³/mol. The summed E-state index contributed by atoms with van der Waals surface area (Å²) in [6.45, 7) is 0.0971. The van der Waals surface area contributed by atoms with E-state index in [4.69, 9.17) is 10.5 Å². The number of benzene rings is 1. The number of alkyl halides is 3. The van der Waals surface area contributed by atoms with Gasteiger partial charge in [0.2, 0.25) is 0 Å². The normalized spacial score (nSPS) is 11.4. The molecule has 0 aliphatic rings. The summed E-state index contributed by atoms with van der Waals surface area (Å²) in [5.74, 6) is -0.291. The second kappa shape index (κ2) is 5.96. The molecule has 8 heteroatoms. The topological polar surface area (TPSA) is 81.0 Å². The highest BCUT2D eigenvalue weighted by atomic mass is 19.4. The van der Waals surface area contributed by atoms with Gasteiger partial charge in [-0.05, 0) is 24.3 Å². The number of aromatic nitrogens is 2. The van der Waals surface area contributed by atoms with Crippen molar-refractivity contribution in [1.82, 2.24) is 10.2 Å². The maximum atomic E-state index is 13.0. The summed E-state index contributed by atoms with van der Waals surface area (Å²) >= 11 is 0. The molecular formula is C13H12F3N3O2. The highest BCUT2D eigenvalue weighted by Gasteiger charge is 2.34. The van der Waals surface area contributed by atoms with Crippen molar-refractivity contribution in [3.8, 4) is 17.0 Å². The Hall–Kier alpha value is -2.35. The van der Waals surface area contributed by atoms with Gasteiger partial charge in [0.15, 0.2) is 0 Å². The quantitative estimate of drug-likeness (QED) is 0.902. The SMILES string of the molecule is NCCOc1ccc(-c2ccc(=O)[nH]n2)cc1C(F)(F)F. The lowest BCUT2D eigenvalue weighted by atomic mass is 10.1. The van der Waals surface area contributed by atoms with Crippen molar-refractivity contribution in [2.75, 3.05) is 13.2 Å². The van der Waals surface area contributed by atoms with Crippen LogP contribution < -0.4 is 16.0 Å². The Balaban J connectivity index is 2.46. The van der Waals surface area contributed by atoms with Crippen LogP contribution in [-0.4, -0.2) is 23.3 Å². The first-order chi connectivity index (χ1) is 9.91. The van der Waals surface area contributed by atoms with E-state index in [0.29, 0.717) is 0 Å². The van der Waals surface area contributed by atoms with Crippen LogP contribution in [0.15, 0.2) is 35.1 Å². The minimum absolute atomic E-state index is 0.0146. The molecule has 2 rings (SSSR count). The number of nitrogens with zero attached hydrogens (tertiary/aromatic N) is 1. The molecule has 112 valence electrons. The zero-order chi connectivity index (χ0) is 15.5. The van der Waals surface area contributed by atoms with Crippen LogP contribution in [0.2, 0.25) is 0 Å². The largest absolute Gasteiger partial charge is 0.492 e. The second-order valence-electron chi connectivity index (χ2n) is 4.15. The summed E-state index contributed by atoms with van der Waals surface area (Å²) in [7, 11) is 0. The van der Waals surface area contributed by atoms with E-state index >= 15 is 0 Å². The number of rotatable bonds is 4. The van der Waals surface area contributed by atoms with Gasteiger partial charge in [-0.1, -0.05) is 0 Å². The van der Waals surface area contributed by atoms with Crippen molar-refractivity contribution in [1.29, 1.82) is 0 Å². The van der Waals surface area contributed by atoms with Gasteiger partial charge in [0.25, 0.3) is 5.56 Å². The fourth-order valence-electron chi connectivity index (χ4n) is 1.71. The van der Waals surface area contributed by atoms with Crippen LogP contribution in [0, 0.1) is 0 Å². The maximum Gasteiger partial charge on any atom is 0.419 e. The van der Waals surface area contributed by atoms with E-state index in [0.717, 1.165) is 6.07 Å². The number of nitrogens with two attached hydrogens (primary N) is 1. The molecule has 2 aromatic rings. The molecule has 1 aromatic carbocycles. The molecule has 0 aliphatic carbocycles. The number of halogens is 3. The third-order valence-corrected chi connectivity index (χ3v) is 2.64. The van der Waals surface area contributed by atoms with Gasteiger partial charge in [-0.25, -0.2) is 5.10 Å². The van der Waals surface area contributed by atoms with E-state index in [1.54, 1.807) is 0 Å². The van der Waals surface area contributed by atoms with E-state index in [-0.39, 0.29) is 30.2 Å². The Morgan fingerprint density at radius 3 is 2.57 bits per heavy atom. The van der Waals surface area contributed by atoms with Crippen LogP contribution >= 0.6 is 0 Å². The van der Waals surface area contributed by atoms with Crippen molar-refractivity contribution >= 4 is 0 Å². The maximum absolute atomic E-state index is 13.0. The number of nitrogens with one attached hydrogen (secondary N) is 1. The number of aromatic amines is 1. The van der Waals surface area contributed by atoms with Gasteiger partial charge in [-0.2, -0.15) is 18.3 Å². The monoisotopic (exact) mass is 299 g/mol. The van der Waals surface area contributed by atoms with Crippen LogP contribution in [0.3, 0.4) is 0 Å². The molecule has 0 saturated heterocycles. The molecular weight excluding hydrogens is 287 g/mol. The molecule has 0 atom stereocenters. The lowest BCUT2D eigenvalue weighted by Gasteiger charge is -2.14. The Morgan fingerprint density at radius 1 is 1.24 bits per heavy atom. The molecule has 1 heterocycles. The Morgan fingerprint density at radius 2 is 2.00 bits per heavy atom. The van der Waals surface area contributed by atoms with Crippen LogP contribution in [0.5, 0.6) is 5.75 Å². The van der Waals surface area contributed by atoms with Gasteiger partial charge in [-0.3, -0.25) is 4.79 Å². The first-order valence-corrected chi connectivity index (χ1v) is 6.02. The first-order valence-electron chi connectivity index (χ1n) is 6.02. The van der Waals surface area contributed by atoms with Gasteiger partial charge in [0, 0.05) is 18.2 Å². The van der Waals surface area contributed by atoms with Crippen LogP contribution in [0.25, 0.3) is 11.3 Å². The van der Waals surface area contributed by atoms with Gasteiger partial charge in [0.05, 0.1) is 11.3 Å². The van der Waals surface area contributed by atoms with Crippen molar-refractivity contribution in [3.05, 3.63) is 46.2 Å². The molecule has 0 aliphatic heterocycles. The number of hydrogen-bond acceptors (Lipinski definition) is 4. The summed E-state index contributed by atoms with van der Waals surface area (Å²) in [4.78, 5) is 10.9. The van der Waals surface area contributed by atoms with Crippen LogP contribution in [-0.2, 0) is 6.18 Å². The summed E-state index contributed by atoms with van der Waals surface area (Å²) in [5.41, 5.74) is 4.32. The second-order valence-corrected chi connectivity index (χ2v) is 4.15. The third kappa shape index (κ3) is 3.60. The summed E-state index contributed by atoms with van der Waals surface area (Å²) in [6, 6.07) is 6.10. The third-order valence-electron chi connectivity index (χ3n) is 2.64. The lowest BCUT2D eigenvalue weighted by Crippen LogP contribution is -2.14. The zero-order valence-electron chi connectivity index (χ0n) is 10.8. The van der Waals surface area contributed by atoms with E-state index in [1.807, 2.05) is 0 Å². The highest BCUT2D eigenvalue weighted by Crippen LogP contribution is 2.38. The molecule has 0 fully saturated rings. The molecule has 3 N–H and O–H groups in total. The minimum Gasteiger partial charge on any atom is -0.492 e. The predicted octanol–water partition coefficient (Wildman–Crippen LogP) is 1.79. The Labute approximate surface area is 117 Å². The van der Waals surface area contributed by atoms with Crippen molar-refractivity contribution in [2.45, 2.75) is 6.18 Å². The van der Waals surface area contributed by atoms with Gasteiger partial charge < -0.3 is 10.5 Å². The molecule has 0 unspecified atom stereocenters. The number of H-pyrrole nitrogens is 1. The van der Waals surface area contributed by atoms with E-state index in [9.17, 15) is 18.0 Å². The van der Waals surface area contributed by atoms with Crippen molar-refractivity contribution in [2.24, 2.45) is 5.73 Å².